The van der Waals surface area contributed by atoms with Gasteiger partial charge >= 0.3 is 0 Å². The molecule has 0 aliphatic heterocycles. The highest BCUT2D eigenvalue weighted by atomic mass is 15.1. The van der Waals surface area contributed by atoms with Crippen LogP contribution in [0, 0.1) is 13.8 Å². The van der Waals surface area contributed by atoms with Crippen LogP contribution in [0.3, 0.4) is 0 Å². The average Bonchev–Trinajstić information content (AvgIpc) is 3.27. The Labute approximate surface area is 182 Å². The third-order valence-electron chi connectivity index (χ3n) is 6.18. The van der Waals surface area contributed by atoms with Gasteiger partial charge in [0.05, 0.1) is 5.92 Å². The monoisotopic (exact) mass is 404 g/mol. The van der Waals surface area contributed by atoms with Crippen LogP contribution in [0.1, 0.15) is 61.7 Å². The van der Waals surface area contributed by atoms with Gasteiger partial charge in [0.25, 0.3) is 0 Å². The molecule has 2 aromatic carbocycles. The fourth-order valence-electron chi connectivity index (χ4n) is 4.44. The predicted molar refractivity (Wildman–Crippen MR) is 129 cm³/mol. The largest absolute Gasteiger partial charge is 0.372 e. The van der Waals surface area contributed by atoms with Gasteiger partial charge in [0.1, 0.15) is 5.82 Å². The van der Waals surface area contributed by atoms with Gasteiger partial charge in [-0.15, -0.1) is 0 Å². The van der Waals surface area contributed by atoms with Crippen LogP contribution in [0.25, 0.3) is 0 Å². The maximum absolute atomic E-state index is 4.65. The summed E-state index contributed by atoms with van der Waals surface area (Å²) in [5.41, 5.74) is 7.78. The molecule has 0 amide bonds. The van der Waals surface area contributed by atoms with Crippen molar-refractivity contribution in [3.8, 4) is 0 Å². The molecule has 1 heterocycles. The molecule has 1 N–H and O–H groups in total. The highest BCUT2D eigenvalue weighted by molar-refractivity contribution is 5.57. The third-order valence-corrected chi connectivity index (χ3v) is 6.18. The minimum atomic E-state index is 0.0940. The van der Waals surface area contributed by atoms with Crippen LogP contribution in [0.4, 0.5) is 11.4 Å². The van der Waals surface area contributed by atoms with Gasteiger partial charge in [-0.05, 0) is 88.1 Å². The fraction of sp³-hybridized carbons (Fsp3) is 0.423. The molecule has 0 aliphatic carbocycles. The van der Waals surface area contributed by atoms with E-state index in [4.69, 9.17) is 0 Å². The minimum absolute atomic E-state index is 0.0940. The summed E-state index contributed by atoms with van der Waals surface area (Å²) in [7, 11) is 0. The number of hydrogen-bond acceptors (Lipinski definition) is 3. The van der Waals surface area contributed by atoms with E-state index in [1.54, 1.807) is 0 Å². The smallest absolute Gasteiger partial charge is 0.118 e. The summed E-state index contributed by atoms with van der Waals surface area (Å²) in [5, 5.41) is 0. The summed E-state index contributed by atoms with van der Waals surface area (Å²) in [4.78, 5) is 12.8. The second-order valence-corrected chi connectivity index (χ2v) is 7.83. The van der Waals surface area contributed by atoms with E-state index in [1.807, 2.05) is 12.4 Å². The lowest BCUT2D eigenvalue weighted by atomic mass is 9.85. The molecule has 0 atom stereocenters. The van der Waals surface area contributed by atoms with Crippen molar-refractivity contribution in [3.05, 3.63) is 76.9 Å². The zero-order valence-corrected chi connectivity index (χ0v) is 19.4. The number of nitrogens with zero attached hydrogens (tertiary/aromatic N) is 3. The number of benzene rings is 2. The first kappa shape index (κ1) is 21.9. The second kappa shape index (κ2) is 9.84. The number of hydrogen-bond donors (Lipinski definition) is 1. The molecule has 30 heavy (non-hydrogen) atoms. The molecule has 1 aromatic heterocycles. The summed E-state index contributed by atoms with van der Waals surface area (Å²) < 4.78 is 0. The quantitative estimate of drug-likeness (QED) is 0.482. The lowest BCUT2D eigenvalue weighted by Gasteiger charge is -2.26. The minimum Gasteiger partial charge on any atom is -0.372 e. The Balaban J connectivity index is 2.08. The topological polar surface area (TPSA) is 35.2 Å². The number of nitrogens with one attached hydrogen (secondary N) is 1. The van der Waals surface area contributed by atoms with Crippen molar-refractivity contribution in [1.29, 1.82) is 0 Å². The van der Waals surface area contributed by atoms with Crippen LogP contribution < -0.4 is 9.80 Å². The van der Waals surface area contributed by atoms with Crippen LogP contribution in [-0.4, -0.2) is 36.1 Å². The van der Waals surface area contributed by atoms with Gasteiger partial charge < -0.3 is 14.8 Å². The Morgan fingerprint density at radius 1 is 0.767 bits per heavy atom. The van der Waals surface area contributed by atoms with E-state index in [9.17, 15) is 0 Å². The van der Waals surface area contributed by atoms with Gasteiger partial charge in [-0.3, -0.25) is 0 Å². The SMILES string of the molecule is CCN(CC)c1ccc(C(c2ncc[nH]2)c2ccc(N(CC)CC)cc2C)c(C)c1. The summed E-state index contributed by atoms with van der Waals surface area (Å²) in [6.07, 6.45) is 3.77. The van der Waals surface area contributed by atoms with Gasteiger partial charge in [-0.1, -0.05) is 12.1 Å². The predicted octanol–water partition coefficient (Wildman–Crippen LogP) is 5.90. The molecule has 160 valence electrons. The molecule has 4 heteroatoms. The number of aromatic amines is 1. The van der Waals surface area contributed by atoms with E-state index in [0.29, 0.717) is 0 Å². The summed E-state index contributed by atoms with van der Waals surface area (Å²) in [5.74, 6) is 1.09. The molecular weight excluding hydrogens is 368 g/mol. The number of rotatable bonds is 9. The normalized spacial score (nSPS) is 11.2. The first-order valence-electron chi connectivity index (χ1n) is 11.2. The molecule has 0 unspecified atom stereocenters. The zero-order chi connectivity index (χ0) is 21.7. The van der Waals surface area contributed by atoms with Crippen molar-refractivity contribution < 1.29 is 0 Å². The molecule has 3 rings (SSSR count). The first-order valence-corrected chi connectivity index (χ1v) is 11.2. The second-order valence-electron chi connectivity index (χ2n) is 7.83. The number of aryl methyl sites for hydroxylation is 2. The van der Waals surface area contributed by atoms with Gasteiger partial charge in [0, 0.05) is 49.9 Å². The van der Waals surface area contributed by atoms with E-state index < -0.39 is 0 Å². The van der Waals surface area contributed by atoms with Crippen molar-refractivity contribution in [2.45, 2.75) is 47.5 Å². The van der Waals surface area contributed by atoms with Crippen molar-refractivity contribution in [2.24, 2.45) is 0 Å². The van der Waals surface area contributed by atoms with Crippen LogP contribution >= 0.6 is 0 Å². The highest BCUT2D eigenvalue weighted by Gasteiger charge is 2.23. The van der Waals surface area contributed by atoms with Crippen LogP contribution in [0.2, 0.25) is 0 Å². The average molecular weight is 405 g/mol. The van der Waals surface area contributed by atoms with Crippen molar-refractivity contribution in [2.75, 3.05) is 36.0 Å². The lowest BCUT2D eigenvalue weighted by Crippen LogP contribution is -2.22. The molecule has 0 saturated heterocycles. The van der Waals surface area contributed by atoms with Crippen molar-refractivity contribution >= 4 is 11.4 Å². The molecule has 0 bridgehead atoms. The van der Waals surface area contributed by atoms with Crippen molar-refractivity contribution in [1.82, 2.24) is 9.97 Å². The van der Waals surface area contributed by atoms with E-state index in [-0.39, 0.29) is 5.92 Å². The molecule has 0 spiro atoms. The van der Waals surface area contributed by atoms with Crippen LogP contribution in [0.15, 0.2) is 48.8 Å². The fourth-order valence-corrected chi connectivity index (χ4v) is 4.44. The molecule has 0 saturated carbocycles. The lowest BCUT2D eigenvalue weighted by molar-refractivity contribution is 0.846. The number of anilines is 2. The molecule has 0 aliphatic rings. The summed E-state index contributed by atoms with van der Waals surface area (Å²) in [6, 6.07) is 13.7. The number of H-pyrrole nitrogens is 1. The summed E-state index contributed by atoms with van der Waals surface area (Å²) >= 11 is 0. The van der Waals surface area contributed by atoms with Gasteiger partial charge in [-0.2, -0.15) is 0 Å². The Kier molecular flexibility index (Phi) is 7.20. The van der Waals surface area contributed by atoms with E-state index in [1.165, 1.54) is 33.6 Å². The molecule has 0 fully saturated rings. The third kappa shape index (κ3) is 4.38. The van der Waals surface area contributed by atoms with Gasteiger partial charge in [0.15, 0.2) is 0 Å². The van der Waals surface area contributed by atoms with Gasteiger partial charge in [-0.25, -0.2) is 4.98 Å². The highest BCUT2D eigenvalue weighted by Crippen LogP contribution is 2.36. The van der Waals surface area contributed by atoms with Crippen molar-refractivity contribution in [3.63, 3.8) is 0 Å². The summed E-state index contributed by atoms with van der Waals surface area (Å²) in [6.45, 7) is 17.3. The van der Waals surface area contributed by atoms with Crippen LogP contribution in [-0.2, 0) is 0 Å². The van der Waals surface area contributed by atoms with Gasteiger partial charge in [0.2, 0.25) is 0 Å². The number of aromatic nitrogens is 2. The molecule has 0 radical (unpaired) electrons. The maximum atomic E-state index is 4.65. The van der Waals surface area contributed by atoms with Crippen LogP contribution in [0.5, 0.6) is 0 Å². The molecule has 4 nitrogen and oxygen atoms in total. The molecule has 3 aromatic rings. The van der Waals surface area contributed by atoms with E-state index in [2.05, 4.69) is 97.7 Å². The molecular formula is C26H36N4. The Bertz CT molecular complexity index is 876. The Hall–Kier alpha value is -2.75. The standard InChI is InChI=1S/C26H36N4/c1-7-29(8-2)21-11-13-23(19(5)17-21)25(26-27-15-16-28-26)24-14-12-22(18-20(24)6)30(9-3)10-4/h11-18,25H,7-10H2,1-6H3,(H,27,28). The first-order chi connectivity index (χ1) is 14.5. The Morgan fingerprint density at radius 2 is 1.23 bits per heavy atom. The maximum Gasteiger partial charge on any atom is 0.118 e. The zero-order valence-electron chi connectivity index (χ0n) is 19.4. The van der Waals surface area contributed by atoms with E-state index in [0.717, 1.165) is 32.0 Å². The Morgan fingerprint density at radius 3 is 1.57 bits per heavy atom. The number of imidazole rings is 1. The van der Waals surface area contributed by atoms with E-state index >= 15 is 0 Å².